The van der Waals surface area contributed by atoms with Gasteiger partial charge in [-0.1, -0.05) is 12.1 Å². The van der Waals surface area contributed by atoms with Crippen LogP contribution in [0.15, 0.2) is 72.0 Å². The zero-order valence-corrected chi connectivity index (χ0v) is 23.5. The molecule has 9 nitrogen and oxygen atoms in total. The van der Waals surface area contributed by atoms with E-state index in [1.54, 1.807) is 35.4 Å². The monoisotopic (exact) mass is 602 g/mol. The van der Waals surface area contributed by atoms with Crippen LogP contribution in [0, 0.1) is 17.5 Å². The van der Waals surface area contributed by atoms with E-state index in [0.717, 1.165) is 38.0 Å². The van der Waals surface area contributed by atoms with E-state index in [4.69, 9.17) is 14.2 Å². The second-order valence-corrected chi connectivity index (χ2v) is 11.3. The Balaban J connectivity index is 1.46. The highest BCUT2D eigenvalue weighted by molar-refractivity contribution is 7.89. The van der Waals surface area contributed by atoms with Crippen LogP contribution in [0.4, 0.5) is 13.2 Å². The van der Waals surface area contributed by atoms with Crippen molar-refractivity contribution in [2.75, 3.05) is 20.3 Å². The third-order valence-electron chi connectivity index (χ3n) is 6.76. The van der Waals surface area contributed by atoms with Crippen molar-refractivity contribution in [1.82, 2.24) is 19.5 Å². The number of rotatable bonds is 11. The fourth-order valence-corrected chi connectivity index (χ4v) is 5.88. The molecule has 1 aliphatic rings. The third kappa shape index (κ3) is 6.71. The number of hydrogen-bond acceptors (Lipinski definition) is 7. The van der Waals surface area contributed by atoms with Crippen molar-refractivity contribution in [2.45, 2.75) is 43.2 Å². The Bertz CT molecular complexity index is 1630. The van der Waals surface area contributed by atoms with E-state index in [0.29, 0.717) is 43.1 Å². The lowest BCUT2D eigenvalue weighted by Crippen LogP contribution is -2.31. The molecular formula is C29H29F3N4O5S. The molecule has 5 rings (SSSR count). The highest BCUT2D eigenvalue weighted by atomic mass is 32.2. The number of pyridine rings is 1. The molecule has 0 saturated carbocycles. The van der Waals surface area contributed by atoms with Crippen LogP contribution in [0.2, 0.25) is 0 Å². The summed E-state index contributed by atoms with van der Waals surface area (Å²) in [7, 11) is -3.48. The molecule has 2 aromatic carbocycles. The molecular weight excluding hydrogens is 573 g/mol. The lowest BCUT2D eigenvalue weighted by atomic mass is 10.00. The highest BCUT2D eigenvalue weighted by Crippen LogP contribution is 2.35. The molecule has 0 aliphatic carbocycles. The summed E-state index contributed by atoms with van der Waals surface area (Å²) >= 11 is 0. The molecule has 1 N–H and O–H groups in total. The summed E-state index contributed by atoms with van der Waals surface area (Å²) < 4.78 is 90.4. The minimum absolute atomic E-state index is 0.0766. The van der Waals surface area contributed by atoms with E-state index in [1.807, 2.05) is 0 Å². The van der Waals surface area contributed by atoms with Gasteiger partial charge in [-0.2, -0.15) is 9.82 Å². The van der Waals surface area contributed by atoms with Crippen molar-refractivity contribution in [2.24, 2.45) is 0 Å². The van der Waals surface area contributed by atoms with Gasteiger partial charge in [0.05, 0.1) is 13.2 Å². The zero-order chi connectivity index (χ0) is 29.7. The Labute approximate surface area is 241 Å². The average Bonchev–Trinajstić information content (AvgIpc) is 3.42. The summed E-state index contributed by atoms with van der Waals surface area (Å²) in [5, 5.41) is 4.63. The summed E-state index contributed by atoms with van der Waals surface area (Å²) in [5.74, 6) is -2.92. The molecule has 3 heterocycles. The van der Waals surface area contributed by atoms with Gasteiger partial charge < -0.3 is 14.2 Å². The van der Waals surface area contributed by atoms with Crippen molar-refractivity contribution < 1.29 is 35.8 Å². The van der Waals surface area contributed by atoms with Crippen molar-refractivity contribution in [1.29, 1.82) is 0 Å². The number of methoxy groups -OCH3 is 1. The third-order valence-corrected chi connectivity index (χ3v) is 8.18. The molecule has 0 bridgehead atoms. The zero-order valence-electron chi connectivity index (χ0n) is 22.7. The minimum atomic E-state index is -4.64. The van der Waals surface area contributed by atoms with E-state index in [2.05, 4.69) is 14.8 Å². The lowest BCUT2D eigenvalue weighted by molar-refractivity contribution is -0.163. The maximum absolute atomic E-state index is 16.2. The fraction of sp³-hybridized carbons (Fsp3) is 0.310. The van der Waals surface area contributed by atoms with Crippen molar-refractivity contribution in [3.8, 4) is 22.4 Å². The number of nitrogens with one attached hydrogen (secondary N) is 1. The van der Waals surface area contributed by atoms with E-state index in [1.165, 1.54) is 18.2 Å². The number of hydrogen-bond donors (Lipinski definition) is 1. The van der Waals surface area contributed by atoms with Crippen LogP contribution in [0.25, 0.3) is 22.4 Å². The molecule has 42 heavy (non-hydrogen) atoms. The first-order valence-corrected chi connectivity index (χ1v) is 14.7. The predicted octanol–water partition coefficient (Wildman–Crippen LogP) is 5.20. The van der Waals surface area contributed by atoms with Gasteiger partial charge in [0.1, 0.15) is 34.3 Å². The number of nitrogens with zero attached hydrogens (tertiary/aromatic N) is 3. The maximum atomic E-state index is 16.2. The van der Waals surface area contributed by atoms with Gasteiger partial charge in [0.15, 0.2) is 6.29 Å². The van der Waals surface area contributed by atoms with Gasteiger partial charge >= 0.3 is 0 Å². The molecule has 2 unspecified atom stereocenters. The number of ether oxygens (including phenoxy) is 3. The largest absolute Gasteiger partial charge is 0.361 e. The van der Waals surface area contributed by atoms with Crippen LogP contribution in [-0.2, 0) is 30.8 Å². The Hall–Kier alpha value is -3.62. The number of benzene rings is 2. The molecule has 0 radical (unpaired) electrons. The van der Waals surface area contributed by atoms with Crippen LogP contribution in [-0.4, -0.2) is 49.8 Å². The SMILES string of the molecule is COC(NS(=O)(=O)c1cc(F)ccc1F)c1cccc(-c2nn(CCOC3CCCCO3)cc2-c2ccncc2)c1F. The Kier molecular flexibility index (Phi) is 9.34. The summed E-state index contributed by atoms with van der Waals surface area (Å²) in [6, 6.07) is 9.91. The van der Waals surface area contributed by atoms with Gasteiger partial charge in [0.25, 0.3) is 0 Å². The quantitative estimate of drug-likeness (QED) is 0.236. The summed E-state index contributed by atoms with van der Waals surface area (Å²) in [5.41, 5.74) is 1.54. The fourth-order valence-electron chi connectivity index (χ4n) is 4.66. The molecule has 222 valence electrons. The number of aromatic nitrogens is 3. The van der Waals surface area contributed by atoms with Crippen LogP contribution in [0.3, 0.4) is 0 Å². The topological polar surface area (TPSA) is 105 Å². The Morgan fingerprint density at radius 3 is 2.64 bits per heavy atom. The molecule has 13 heteroatoms. The molecule has 2 aromatic heterocycles. The smallest absolute Gasteiger partial charge is 0.246 e. The molecule has 1 fully saturated rings. The maximum Gasteiger partial charge on any atom is 0.246 e. The van der Waals surface area contributed by atoms with Gasteiger partial charge in [-0.25, -0.2) is 21.6 Å². The van der Waals surface area contributed by atoms with Crippen molar-refractivity contribution >= 4 is 10.0 Å². The van der Waals surface area contributed by atoms with Crippen LogP contribution < -0.4 is 4.72 Å². The number of sulfonamides is 1. The summed E-state index contributed by atoms with van der Waals surface area (Å²) in [6.07, 6.45) is 6.02. The molecule has 1 aliphatic heterocycles. The Morgan fingerprint density at radius 1 is 1.10 bits per heavy atom. The van der Waals surface area contributed by atoms with Gasteiger partial charge in [-0.05, 0) is 61.2 Å². The van der Waals surface area contributed by atoms with Crippen molar-refractivity contribution in [3.63, 3.8) is 0 Å². The van der Waals surface area contributed by atoms with E-state index in [9.17, 15) is 17.2 Å². The first-order valence-electron chi connectivity index (χ1n) is 13.3. The molecule has 1 saturated heterocycles. The summed E-state index contributed by atoms with van der Waals surface area (Å²) in [6.45, 7) is 1.36. The van der Waals surface area contributed by atoms with Crippen LogP contribution in [0.5, 0.6) is 0 Å². The predicted molar refractivity (Wildman–Crippen MR) is 147 cm³/mol. The molecule has 4 aromatic rings. The van der Waals surface area contributed by atoms with Crippen LogP contribution >= 0.6 is 0 Å². The normalized spacial score (nSPS) is 16.4. The highest BCUT2D eigenvalue weighted by Gasteiger charge is 2.28. The van der Waals surface area contributed by atoms with E-state index in [-0.39, 0.29) is 17.4 Å². The van der Waals surface area contributed by atoms with Crippen molar-refractivity contribution in [3.05, 3.63) is 90.1 Å². The summed E-state index contributed by atoms with van der Waals surface area (Å²) in [4.78, 5) is 3.12. The standard InChI is InChI=1S/C29H29F3N4O5S/c1-39-29(35-42(37,38)25-17-20(30)8-9-24(25)31)22-6-4-5-21(27(22)32)28-23(19-10-12-33-13-11-19)18-36(34-28)14-16-41-26-7-2-3-15-40-26/h4-6,8-13,17-18,26,29,35H,2-3,7,14-16H2,1H3. The van der Waals surface area contributed by atoms with Crippen LogP contribution in [0.1, 0.15) is 31.1 Å². The second kappa shape index (κ2) is 13.1. The average molecular weight is 603 g/mol. The molecule has 2 atom stereocenters. The first kappa shape index (κ1) is 29.9. The van der Waals surface area contributed by atoms with Gasteiger partial charge in [-0.3, -0.25) is 9.67 Å². The van der Waals surface area contributed by atoms with Gasteiger partial charge in [0.2, 0.25) is 10.0 Å². The second-order valence-electron chi connectivity index (χ2n) is 9.58. The lowest BCUT2D eigenvalue weighted by Gasteiger charge is -2.22. The van der Waals surface area contributed by atoms with Gasteiger partial charge in [-0.15, -0.1) is 0 Å². The first-order chi connectivity index (χ1) is 20.3. The van der Waals surface area contributed by atoms with Gasteiger partial charge in [0, 0.05) is 49.0 Å². The minimum Gasteiger partial charge on any atom is -0.361 e. The Morgan fingerprint density at radius 2 is 1.90 bits per heavy atom. The number of halogens is 3. The van der Waals surface area contributed by atoms with E-state index >= 15 is 4.39 Å². The molecule has 0 spiro atoms. The van der Waals surface area contributed by atoms with E-state index < -0.39 is 38.6 Å². The molecule has 0 amide bonds.